The molecule has 0 atom stereocenters. The number of fused-ring (bicyclic) bond motifs is 1. The van der Waals surface area contributed by atoms with E-state index in [1.807, 2.05) is 0 Å². The summed E-state index contributed by atoms with van der Waals surface area (Å²) in [7, 11) is 0. The number of allylic oxidation sites excluding steroid dienone is 1. The Morgan fingerprint density at radius 1 is 1.56 bits per heavy atom. The first-order chi connectivity index (χ1) is 8.52. The first-order valence-corrected chi connectivity index (χ1v) is 5.27. The molecule has 0 unspecified atom stereocenters. The highest BCUT2D eigenvalue weighted by atomic mass is 19.1. The minimum atomic E-state index is -0.492. The van der Waals surface area contributed by atoms with Gasteiger partial charge in [0.1, 0.15) is 5.82 Å². The second kappa shape index (κ2) is 4.41. The number of ketones is 1. The predicted octanol–water partition coefficient (Wildman–Crippen LogP) is 2.86. The monoisotopic (exact) mass is 243 g/mol. The Morgan fingerprint density at radius 2 is 2.28 bits per heavy atom. The number of aromatic nitrogens is 2. The molecule has 0 aliphatic rings. The predicted molar refractivity (Wildman–Crippen MR) is 66.0 cm³/mol. The van der Waals surface area contributed by atoms with E-state index in [1.54, 1.807) is 13.0 Å². The molecule has 0 amide bonds. The van der Waals surface area contributed by atoms with Crippen LogP contribution in [0.2, 0.25) is 0 Å². The van der Waals surface area contributed by atoms with Gasteiger partial charge in [0.05, 0.1) is 17.8 Å². The van der Waals surface area contributed by atoms with Crippen molar-refractivity contribution < 1.29 is 9.18 Å². The van der Waals surface area contributed by atoms with Crippen LogP contribution in [0.1, 0.15) is 18.2 Å². The highest BCUT2D eigenvalue weighted by Gasteiger charge is 2.10. The molecule has 0 spiro atoms. The summed E-state index contributed by atoms with van der Waals surface area (Å²) in [6.45, 7) is 9.96. The smallest absolute Gasteiger partial charge is 0.229 e. The van der Waals surface area contributed by atoms with Crippen molar-refractivity contribution in [1.82, 2.24) is 10.2 Å². The van der Waals surface area contributed by atoms with Crippen molar-refractivity contribution in [2.24, 2.45) is 0 Å². The number of carbonyl (C=O) groups excluding carboxylic acids is 1. The number of benzene rings is 1. The average molecular weight is 243 g/mol. The molecule has 0 aliphatic heterocycles. The van der Waals surface area contributed by atoms with Gasteiger partial charge >= 0.3 is 0 Å². The van der Waals surface area contributed by atoms with Gasteiger partial charge in [-0.2, -0.15) is 5.10 Å². The molecular weight excluding hydrogens is 233 g/mol. The Labute approximate surface area is 103 Å². The Kier molecular flexibility index (Phi) is 2.94. The number of carbonyl (C=O) groups is 1. The summed E-state index contributed by atoms with van der Waals surface area (Å²) >= 11 is 0. The summed E-state index contributed by atoms with van der Waals surface area (Å²) in [4.78, 5) is 14.2. The molecule has 18 heavy (non-hydrogen) atoms. The molecule has 0 aliphatic carbocycles. The molecule has 0 fully saturated rings. The van der Waals surface area contributed by atoms with Crippen molar-refractivity contribution in [2.45, 2.75) is 13.8 Å². The molecule has 0 radical (unpaired) electrons. The molecule has 90 valence electrons. The molecule has 0 saturated carbocycles. The number of nitrogens with one attached hydrogen (secondary N) is 1. The number of hydrogen-bond acceptors (Lipinski definition) is 2. The van der Waals surface area contributed by atoms with E-state index in [9.17, 15) is 9.18 Å². The molecule has 1 aromatic heterocycles. The van der Waals surface area contributed by atoms with Crippen LogP contribution in [0.25, 0.3) is 21.8 Å². The quantitative estimate of drug-likeness (QED) is 0.651. The molecule has 2 rings (SSSR count). The highest BCUT2D eigenvalue weighted by molar-refractivity contribution is 6.00. The van der Waals surface area contributed by atoms with Crippen molar-refractivity contribution in [3.8, 4) is 0 Å². The zero-order chi connectivity index (χ0) is 13.3. The fourth-order valence-corrected chi connectivity index (χ4v) is 1.66. The summed E-state index contributed by atoms with van der Waals surface area (Å²) in [5.41, 5.74) is 1.46. The standard InChI is InChI=1S/C13H10FN3O/c1-7-10-4-9(5-12(15-3)8(2)18)11(14)6-13(10)17-16-7/h4-6H,1-2H3,(H,16,17)/b12-5-. The summed E-state index contributed by atoms with van der Waals surface area (Å²) in [6.07, 6.45) is 1.26. The van der Waals surface area contributed by atoms with Gasteiger partial charge < -0.3 is 4.79 Å². The normalized spacial score (nSPS) is 11.6. The third-order valence-corrected chi connectivity index (χ3v) is 2.64. The first kappa shape index (κ1) is 12.0. The molecule has 1 N–H and O–H groups in total. The SMILES string of the molecule is [C-]#[N+]/C(=C\c1cc2c(C)n[nH]c2cc1F)C(C)=O. The van der Waals surface area contributed by atoms with Crippen LogP contribution in [0.5, 0.6) is 0 Å². The van der Waals surface area contributed by atoms with Crippen LogP contribution >= 0.6 is 0 Å². The maximum absolute atomic E-state index is 13.8. The zero-order valence-corrected chi connectivity index (χ0v) is 9.91. The minimum absolute atomic E-state index is 0.0885. The third-order valence-electron chi connectivity index (χ3n) is 2.64. The van der Waals surface area contributed by atoms with Gasteiger partial charge in [0.2, 0.25) is 5.70 Å². The lowest BCUT2D eigenvalue weighted by Gasteiger charge is -1.99. The first-order valence-electron chi connectivity index (χ1n) is 5.27. The van der Waals surface area contributed by atoms with Crippen LogP contribution < -0.4 is 0 Å². The van der Waals surface area contributed by atoms with Gasteiger partial charge in [0.25, 0.3) is 0 Å². The number of aromatic amines is 1. The van der Waals surface area contributed by atoms with E-state index in [0.717, 1.165) is 11.1 Å². The van der Waals surface area contributed by atoms with E-state index in [1.165, 1.54) is 19.1 Å². The van der Waals surface area contributed by atoms with Gasteiger partial charge in [-0.25, -0.2) is 9.24 Å². The fourth-order valence-electron chi connectivity index (χ4n) is 1.66. The second-order valence-corrected chi connectivity index (χ2v) is 3.93. The lowest BCUT2D eigenvalue weighted by atomic mass is 10.1. The van der Waals surface area contributed by atoms with Crippen molar-refractivity contribution in [3.05, 3.63) is 46.3 Å². The maximum atomic E-state index is 13.8. The molecule has 0 saturated heterocycles. The Hall–Kier alpha value is -2.48. The Morgan fingerprint density at radius 3 is 2.89 bits per heavy atom. The minimum Gasteiger partial charge on any atom is -0.308 e. The van der Waals surface area contributed by atoms with Crippen LogP contribution in [0.3, 0.4) is 0 Å². The topological polar surface area (TPSA) is 50.1 Å². The summed E-state index contributed by atoms with van der Waals surface area (Å²) in [5, 5.41) is 7.45. The van der Waals surface area contributed by atoms with Gasteiger partial charge in [-0.3, -0.25) is 5.10 Å². The number of rotatable bonds is 2. The average Bonchev–Trinajstić information content (AvgIpc) is 2.67. The molecule has 4 nitrogen and oxygen atoms in total. The van der Waals surface area contributed by atoms with Gasteiger partial charge in [0.15, 0.2) is 5.78 Å². The van der Waals surface area contributed by atoms with Gasteiger partial charge in [-0.15, -0.1) is 0 Å². The van der Waals surface area contributed by atoms with E-state index in [2.05, 4.69) is 15.0 Å². The molecule has 5 heteroatoms. The van der Waals surface area contributed by atoms with Crippen molar-refractivity contribution in [3.63, 3.8) is 0 Å². The van der Waals surface area contributed by atoms with Gasteiger partial charge in [-0.05, 0) is 26.0 Å². The van der Waals surface area contributed by atoms with E-state index < -0.39 is 5.82 Å². The molecule has 0 bridgehead atoms. The molecule has 1 heterocycles. The summed E-state index contributed by atoms with van der Waals surface area (Å²) in [5.74, 6) is -0.873. The maximum Gasteiger partial charge on any atom is 0.229 e. The Balaban J connectivity index is 2.64. The van der Waals surface area contributed by atoms with Crippen LogP contribution in [-0.4, -0.2) is 16.0 Å². The number of Topliss-reactive ketones (excluding diaryl/α,β-unsaturated/α-hetero) is 1. The van der Waals surface area contributed by atoms with Crippen molar-refractivity contribution >= 4 is 22.8 Å². The molecule has 1 aromatic carbocycles. The van der Waals surface area contributed by atoms with Crippen LogP contribution in [-0.2, 0) is 4.79 Å². The number of halogens is 1. The van der Waals surface area contributed by atoms with E-state index in [0.29, 0.717) is 5.52 Å². The largest absolute Gasteiger partial charge is 0.308 e. The summed E-state index contributed by atoms with van der Waals surface area (Å²) < 4.78 is 13.8. The number of H-pyrrole nitrogens is 1. The van der Waals surface area contributed by atoms with E-state index in [-0.39, 0.29) is 17.0 Å². The molecule has 2 aromatic rings. The van der Waals surface area contributed by atoms with Crippen molar-refractivity contribution in [1.29, 1.82) is 0 Å². The third kappa shape index (κ3) is 2.00. The summed E-state index contributed by atoms with van der Waals surface area (Å²) in [6, 6.07) is 2.89. The molecular formula is C13H10FN3O. The van der Waals surface area contributed by atoms with E-state index in [4.69, 9.17) is 6.57 Å². The lowest BCUT2D eigenvalue weighted by molar-refractivity contribution is -0.113. The van der Waals surface area contributed by atoms with Gasteiger partial charge in [-0.1, -0.05) is 0 Å². The van der Waals surface area contributed by atoms with Crippen LogP contribution in [0.4, 0.5) is 4.39 Å². The zero-order valence-electron chi connectivity index (χ0n) is 9.91. The number of nitrogens with zero attached hydrogens (tertiary/aromatic N) is 2. The Bertz CT molecular complexity index is 707. The van der Waals surface area contributed by atoms with Crippen LogP contribution in [0.15, 0.2) is 17.8 Å². The lowest BCUT2D eigenvalue weighted by Crippen LogP contribution is -1.92. The van der Waals surface area contributed by atoms with E-state index >= 15 is 0 Å². The van der Waals surface area contributed by atoms with Crippen molar-refractivity contribution in [2.75, 3.05) is 0 Å². The van der Waals surface area contributed by atoms with Crippen LogP contribution in [0, 0.1) is 19.3 Å². The second-order valence-electron chi connectivity index (χ2n) is 3.93. The fraction of sp³-hybridized carbons (Fsp3) is 0.154. The van der Waals surface area contributed by atoms with Gasteiger partial charge in [0, 0.05) is 17.0 Å². The number of aryl methyl sites for hydroxylation is 1. The highest BCUT2D eigenvalue weighted by Crippen LogP contribution is 2.22. The number of hydrogen-bond donors (Lipinski definition) is 1.